The first-order valence-corrected chi connectivity index (χ1v) is 14.0. The lowest BCUT2D eigenvalue weighted by molar-refractivity contribution is 0.0317. The molecule has 1 fully saturated rings. The van der Waals surface area contributed by atoms with Crippen LogP contribution in [0.15, 0.2) is 29.4 Å². The van der Waals surface area contributed by atoms with Crippen molar-refractivity contribution in [3.63, 3.8) is 0 Å². The molecule has 1 aliphatic carbocycles. The van der Waals surface area contributed by atoms with E-state index in [4.69, 9.17) is 9.47 Å². The van der Waals surface area contributed by atoms with Crippen molar-refractivity contribution >= 4 is 18.4 Å². The van der Waals surface area contributed by atoms with E-state index in [1.54, 1.807) is 11.1 Å². The molecule has 37 heavy (non-hydrogen) atoms. The van der Waals surface area contributed by atoms with E-state index in [1.165, 1.54) is 24.8 Å². The molecule has 2 aliphatic rings. The number of hydrogen-bond donors (Lipinski definition) is 1. The highest BCUT2D eigenvalue weighted by atomic mass is 16.5. The number of hydrogen-bond acceptors (Lipinski definition) is 8. The lowest BCUT2D eigenvalue weighted by Gasteiger charge is -2.26. The van der Waals surface area contributed by atoms with Gasteiger partial charge in [0.15, 0.2) is 5.82 Å². The first kappa shape index (κ1) is 30.5. The molecule has 2 aromatic rings. The van der Waals surface area contributed by atoms with E-state index in [0.29, 0.717) is 18.4 Å². The maximum atomic E-state index is 5.81. The molecular weight excluding hydrogens is 464 g/mol. The number of nitrogens with zero attached hydrogens (tertiary/aromatic N) is 5. The molecule has 0 unspecified atom stereocenters. The summed E-state index contributed by atoms with van der Waals surface area (Å²) in [7, 11) is 0. The second-order valence-electron chi connectivity index (χ2n) is 9.02. The number of fused-ring (bicyclic) bond motifs is 1. The summed E-state index contributed by atoms with van der Waals surface area (Å²) in [5.41, 5.74) is 7.47. The number of morpholine rings is 1. The minimum Gasteiger partial charge on any atom is -0.462 e. The number of nitrogens with one attached hydrogen (secondary N) is 1. The van der Waals surface area contributed by atoms with E-state index >= 15 is 0 Å². The van der Waals surface area contributed by atoms with Gasteiger partial charge in [-0.2, -0.15) is 15.1 Å². The third-order valence-corrected chi connectivity index (χ3v) is 6.32. The Labute approximate surface area is 224 Å². The first-order chi connectivity index (χ1) is 18.1. The summed E-state index contributed by atoms with van der Waals surface area (Å²) >= 11 is 0. The van der Waals surface area contributed by atoms with Gasteiger partial charge in [-0.1, -0.05) is 45.9 Å². The molecule has 0 saturated carbocycles. The molecule has 1 aliphatic heterocycles. The van der Waals surface area contributed by atoms with E-state index in [9.17, 15) is 0 Å². The van der Waals surface area contributed by atoms with Gasteiger partial charge < -0.3 is 14.4 Å². The maximum absolute atomic E-state index is 5.81. The Morgan fingerprint density at radius 2 is 1.84 bits per heavy atom. The van der Waals surface area contributed by atoms with Gasteiger partial charge in [-0.05, 0) is 55.7 Å². The lowest BCUT2D eigenvalue weighted by atomic mass is 10.1. The summed E-state index contributed by atoms with van der Waals surface area (Å²) in [4.78, 5) is 13.5. The van der Waals surface area contributed by atoms with E-state index < -0.39 is 0 Å². The lowest BCUT2D eigenvalue weighted by Crippen LogP contribution is -2.38. The van der Waals surface area contributed by atoms with Crippen molar-refractivity contribution in [1.29, 1.82) is 0 Å². The molecule has 4 rings (SSSR count). The molecule has 0 bridgehead atoms. The largest absolute Gasteiger partial charge is 0.462 e. The second-order valence-corrected chi connectivity index (χ2v) is 9.02. The minimum atomic E-state index is 0.370. The monoisotopic (exact) mass is 512 g/mol. The molecule has 8 heteroatoms. The molecule has 0 radical (unpaired) electrons. The average Bonchev–Trinajstić information content (AvgIpc) is 3.41. The number of aromatic nitrogens is 2. The van der Waals surface area contributed by atoms with Gasteiger partial charge >= 0.3 is 6.01 Å². The fraction of sp³-hybridized carbons (Fsp3) is 0.621. The van der Waals surface area contributed by atoms with Gasteiger partial charge in [0.1, 0.15) is 12.4 Å². The van der Waals surface area contributed by atoms with Crippen LogP contribution in [-0.2, 0) is 17.6 Å². The first-order valence-electron chi connectivity index (χ1n) is 14.0. The molecule has 1 aromatic carbocycles. The highest BCUT2D eigenvalue weighted by Crippen LogP contribution is 2.24. The molecule has 2 heterocycles. The minimum absolute atomic E-state index is 0.370. The molecular formula is C29H48N6O2. The predicted octanol–water partition coefficient (Wildman–Crippen LogP) is 5.35. The van der Waals surface area contributed by atoms with Crippen molar-refractivity contribution in [2.45, 2.75) is 66.7 Å². The van der Waals surface area contributed by atoms with Crippen LogP contribution < -0.4 is 15.1 Å². The Morgan fingerprint density at radius 1 is 1.11 bits per heavy atom. The van der Waals surface area contributed by atoms with Crippen LogP contribution >= 0.6 is 0 Å². The number of benzene rings is 1. The molecule has 0 amide bonds. The van der Waals surface area contributed by atoms with Crippen LogP contribution in [0.4, 0.5) is 11.6 Å². The fourth-order valence-corrected chi connectivity index (χ4v) is 4.56. The van der Waals surface area contributed by atoms with Gasteiger partial charge in [0, 0.05) is 45.5 Å². The number of ether oxygens (including phenoxy) is 2. The predicted molar refractivity (Wildman–Crippen MR) is 155 cm³/mol. The van der Waals surface area contributed by atoms with Crippen LogP contribution in [0.25, 0.3) is 0 Å². The second kappa shape index (κ2) is 17.7. The Bertz CT molecular complexity index is 911. The summed E-state index contributed by atoms with van der Waals surface area (Å²) in [6.45, 7) is 20.7. The van der Waals surface area contributed by atoms with Crippen molar-refractivity contribution in [2.24, 2.45) is 5.10 Å². The number of rotatable bonds is 11. The molecule has 1 saturated heterocycles. The smallest absolute Gasteiger partial charge is 0.320 e. The Kier molecular flexibility index (Phi) is 14.6. The van der Waals surface area contributed by atoms with Crippen LogP contribution in [-0.4, -0.2) is 74.1 Å². The van der Waals surface area contributed by atoms with Gasteiger partial charge in [0.25, 0.3) is 0 Å². The molecule has 1 N–H and O–H groups in total. The number of aryl methyl sites for hydroxylation is 2. The topological polar surface area (TPSA) is 75.1 Å². The zero-order chi connectivity index (χ0) is 26.9. The average molecular weight is 513 g/mol. The third kappa shape index (κ3) is 10.3. The Morgan fingerprint density at radius 3 is 2.49 bits per heavy atom. The number of anilines is 2. The summed E-state index contributed by atoms with van der Waals surface area (Å²) < 4.78 is 11.2. The van der Waals surface area contributed by atoms with Gasteiger partial charge in [-0.25, -0.2) is 0 Å². The van der Waals surface area contributed by atoms with Crippen molar-refractivity contribution in [3.8, 4) is 6.01 Å². The summed E-state index contributed by atoms with van der Waals surface area (Å²) in [6.07, 6.45) is 6.08. The van der Waals surface area contributed by atoms with E-state index in [1.807, 2.05) is 19.9 Å². The SMILES string of the molecule is C=NNc1cc(N(CCC)CCC)nc(OCCN2CCOCC2)n1.CC.Cc1cccc2c1CCC2. The Balaban J connectivity index is 0.000000330. The van der Waals surface area contributed by atoms with E-state index in [-0.39, 0.29) is 0 Å². The summed E-state index contributed by atoms with van der Waals surface area (Å²) in [5.74, 6) is 1.45. The highest BCUT2D eigenvalue weighted by molar-refractivity contribution is 5.50. The number of hydrazone groups is 1. The standard InChI is InChI=1S/C17H30N6O2.C10H12.C2H6/c1-4-6-23(7-5-2)16-14-15(21-18-3)19-17(20-16)25-13-10-22-8-11-24-12-9-22;1-8-4-2-5-9-6-3-7-10(8)9;1-2/h14H,3-13H2,1-2H3,(H,19,20,21);2,4-5H,3,6-7H2,1H3;1-2H3. The summed E-state index contributed by atoms with van der Waals surface area (Å²) in [5, 5.41) is 3.71. The molecule has 0 atom stereocenters. The van der Waals surface area contributed by atoms with Gasteiger partial charge in [0.2, 0.25) is 0 Å². The fourth-order valence-electron chi connectivity index (χ4n) is 4.56. The normalized spacial score (nSPS) is 14.4. The quantitative estimate of drug-likeness (QED) is 0.321. The molecule has 1 aromatic heterocycles. The van der Waals surface area contributed by atoms with Crippen molar-refractivity contribution < 1.29 is 9.47 Å². The maximum Gasteiger partial charge on any atom is 0.320 e. The highest BCUT2D eigenvalue weighted by Gasteiger charge is 2.14. The van der Waals surface area contributed by atoms with Crippen LogP contribution in [0, 0.1) is 6.92 Å². The third-order valence-electron chi connectivity index (χ3n) is 6.32. The zero-order valence-electron chi connectivity index (χ0n) is 23.8. The molecule has 8 nitrogen and oxygen atoms in total. The van der Waals surface area contributed by atoms with Crippen molar-refractivity contribution in [1.82, 2.24) is 14.9 Å². The van der Waals surface area contributed by atoms with Gasteiger partial charge in [0.05, 0.1) is 13.2 Å². The zero-order valence-corrected chi connectivity index (χ0v) is 23.8. The van der Waals surface area contributed by atoms with Crippen LogP contribution in [0.2, 0.25) is 0 Å². The molecule has 0 spiro atoms. The summed E-state index contributed by atoms with van der Waals surface area (Å²) in [6, 6.07) is 8.89. The van der Waals surface area contributed by atoms with Crippen LogP contribution in [0.1, 0.15) is 63.6 Å². The Hall–Kier alpha value is -2.71. The van der Waals surface area contributed by atoms with E-state index in [2.05, 4.69) is 76.0 Å². The van der Waals surface area contributed by atoms with Gasteiger partial charge in [-0.15, -0.1) is 0 Å². The van der Waals surface area contributed by atoms with Crippen molar-refractivity contribution in [2.75, 3.05) is 62.9 Å². The van der Waals surface area contributed by atoms with Crippen LogP contribution in [0.3, 0.4) is 0 Å². The van der Waals surface area contributed by atoms with Crippen molar-refractivity contribution in [3.05, 3.63) is 41.0 Å². The molecule has 206 valence electrons. The van der Waals surface area contributed by atoms with E-state index in [0.717, 1.165) is 64.6 Å². The van der Waals surface area contributed by atoms with Crippen LogP contribution in [0.5, 0.6) is 6.01 Å². The van der Waals surface area contributed by atoms with Gasteiger partial charge in [-0.3, -0.25) is 10.3 Å².